The minimum Gasteiger partial charge on any atom is -0.346 e. The number of hydrogen-bond donors (Lipinski definition) is 0. The summed E-state index contributed by atoms with van der Waals surface area (Å²) < 4.78 is 1.90. The number of para-hydroxylation sites is 1. The van der Waals surface area contributed by atoms with Crippen LogP contribution in [0.5, 0.6) is 0 Å². The van der Waals surface area contributed by atoms with Crippen molar-refractivity contribution in [2.45, 2.75) is 26.8 Å². The van der Waals surface area contributed by atoms with Crippen molar-refractivity contribution in [3.63, 3.8) is 0 Å². The molecule has 0 aliphatic carbocycles. The normalized spacial score (nSPS) is 15.0. The van der Waals surface area contributed by atoms with Crippen molar-refractivity contribution < 1.29 is 4.79 Å². The van der Waals surface area contributed by atoms with Crippen molar-refractivity contribution in [1.82, 2.24) is 14.7 Å². The van der Waals surface area contributed by atoms with E-state index in [1.165, 1.54) is 0 Å². The minimum absolute atomic E-state index is 0.0291. The highest BCUT2D eigenvalue weighted by molar-refractivity contribution is 6.08. The number of aromatic nitrogens is 2. The molecule has 5 heteroatoms. The van der Waals surface area contributed by atoms with Gasteiger partial charge in [-0.05, 0) is 55.8 Å². The lowest BCUT2D eigenvalue weighted by atomic mass is 10.1. The van der Waals surface area contributed by atoms with E-state index in [0.717, 1.165) is 47.0 Å². The Kier molecular flexibility index (Phi) is 4.09. The average Bonchev–Trinajstić information content (AvgIpc) is 3.27. The van der Waals surface area contributed by atoms with Crippen LogP contribution < -0.4 is 4.90 Å². The van der Waals surface area contributed by atoms with Crippen LogP contribution in [0.25, 0.3) is 5.69 Å². The molecule has 0 fully saturated rings. The third-order valence-corrected chi connectivity index (χ3v) is 5.44. The molecule has 0 N–H and O–H groups in total. The summed E-state index contributed by atoms with van der Waals surface area (Å²) in [5.41, 5.74) is 6.86. The Hall–Kier alpha value is -3.60. The van der Waals surface area contributed by atoms with Crippen molar-refractivity contribution in [3.05, 3.63) is 101 Å². The van der Waals surface area contributed by atoms with E-state index >= 15 is 0 Å². The Bertz CT molecular complexity index is 1150. The van der Waals surface area contributed by atoms with E-state index in [0.29, 0.717) is 5.56 Å². The van der Waals surface area contributed by atoms with Crippen LogP contribution in [0.1, 0.15) is 33.7 Å². The number of carbonyl (C=O) groups is 1. The zero-order chi connectivity index (χ0) is 20.0. The number of aryl methyl sites for hydroxylation is 2. The molecule has 0 radical (unpaired) electrons. The molecular formula is C24H22N4O. The SMILES string of the molecule is Cc1cc(C)n(-c2ccc(C(=O)N3C=C4CC=CN4Cc4ccccc43)cc2)n1. The second-order valence-electron chi connectivity index (χ2n) is 7.53. The highest BCUT2D eigenvalue weighted by atomic mass is 16.2. The minimum atomic E-state index is -0.0291. The Morgan fingerprint density at radius 1 is 1.03 bits per heavy atom. The van der Waals surface area contributed by atoms with Gasteiger partial charge < -0.3 is 4.90 Å². The van der Waals surface area contributed by atoms with E-state index in [-0.39, 0.29) is 5.91 Å². The molecule has 0 atom stereocenters. The topological polar surface area (TPSA) is 41.4 Å². The maximum absolute atomic E-state index is 13.4. The average molecular weight is 382 g/mol. The number of anilines is 1. The molecule has 1 aromatic heterocycles. The van der Waals surface area contributed by atoms with E-state index in [4.69, 9.17) is 0 Å². The van der Waals surface area contributed by atoms with E-state index in [1.807, 2.05) is 73.3 Å². The number of benzene rings is 2. The first-order valence-electron chi connectivity index (χ1n) is 9.79. The van der Waals surface area contributed by atoms with Gasteiger partial charge >= 0.3 is 0 Å². The fourth-order valence-electron chi connectivity index (χ4n) is 4.02. The molecule has 29 heavy (non-hydrogen) atoms. The third-order valence-electron chi connectivity index (χ3n) is 5.44. The Morgan fingerprint density at radius 2 is 1.83 bits per heavy atom. The van der Waals surface area contributed by atoms with Crippen LogP contribution in [0.15, 0.2) is 78.8 Å². The van der Waals surface area contributed by atoms with Gasteiger partial charge in [0.2, 0.25) is 0 Å². The first-order valence-corrected chi connectivity index (χ1v) is 9.79. The largest absolute Gasteiger partial charge is 0.346 e. The molecule has 0 bridgehead atoms. The van der Waals surface area contributed by atoms with E-state index < -0.39 is 0 Å². The number of hydrogen-bond acceptors (Lipinski definition) is 3. The summed E-state index contributed by atoms with van der Waals surface area (Å²) in [6.45, 7) is 4.78. The second kappa shape index (κ2) is 6.78. The smallest absolute Gasteiger partial charge is 0.262 e. The Morgan fingerprint density at radius 3 is 2.59 bits per heavy atom. The number of allylic oxidation sites excluding steroid dienone is 1. The van der Waals surface area contributed by atoms with E-state index in [1.54, 1.807) is 4.90 Å². The molecule has 2 aromatic carbocycles. The zero-order valence-corrected chi connectivity index (χ0v) is 16.5. The summed E-state index contributed by atoms with van der Waals surface area (Å²) in [6, 6.07) is 17.8. The van der Waals surface area contributed by atoms with Crippen LogP contribution >= 0.6 is 0 Å². The number of carbonyl (C=O) groups excluding carboxylic acids is 1. The molecule has 0 spiro atoms. The van der Waals surface area contributed by atoms with E-state index in [2.05, 4.69) is 28.3 Å². The number of rotatable bonds is 2. The van der Waals surface area contributed by atoms with Gasteiger partial charge in [0.25, 0.3) is 5.91 Å². The quantitative estimate of drug-likeness (QED) is 0.644. The van der Waals surface area contributed by atoms with Crippen molar-refractivity contribution in [1.29, 1.82) is 0 Å². The summed E-state index contributed by atoms with van der Waals surface area (Å²) in [7, 11) is 0. The molecule has 144 valence electrons. The summed E-state index contributed by atoms with van der Waals surface area (Å²) in [4.78, 5) is 17.4. The molecule has 2 aliphatic rings. The van der Waals surface area contributed by atoms with Crippen molar-refractivity contribution in [2.75, 3.05) is 4.90 Å². The van der Waals surface area contributed by atoms with Gasteiger partial charge in [-0.15, -0.1) is 0 Å². The lowest BCUT2D eigenvalue weighted by Crippen LogP contribution is -2.26. The molecule has 2 aliphatic heterocycles. The Labute approximate surface area is 170 Å². The fourth-order valence-corrected chi connectivity index (χ4v) is 4.02. The highest BCUT2D eigenvalue weighted by Crippen LogP contribution is 2.33. The standard InChI is InChI=1S/C24H22N4O/c1-17-14-18(2)28(25-17)21-11-9-19(10-12-21)24(29)27-16-22-7-5-13-26(22)15-20-6-3-4-8-23(20)27/h3-6,8-14,16H,7,15H2,1-2H3. The highest BCUT2D eigenvalue weighted by Gasteiger charge is 2.25. The molecule has 1 amide bonds. The summed E-state index contributed by atoms with van der Waals surface area (Å²) >= 11 is 0. The van der Waals surface area contributed by atoms with Gasteiger partial charge in [-0.2, -0.15) is 5.10 Å². The van der Waals surface area contributed by atoms with Gasteiger partial charge in [0.15, 0.2) is 0 Å². The maximum atomic E-state index is 13.4. The lowest BCUT2D eigenvalue weighted by molar-refractivity contribution is 0.0997. The van der Waals surface area contributed by atoms with Crippen LogP contribution in [0, 0.1) is 13.8 Å². The zero-order valence-electron chi connectivity index (χ0n) is 16.5. The molecule has 5 nitrogen and oxygen atoms in total. The lowest BCUT2D eigenvalue weighted by Gasteiger charge is -2.20. The van der Waals surface area contributed by atoms with Crippen molar-refractivity contribution in [3.8, 4) is 5.69 Å². The predicted octanol–water partition coefficient (Wildman–Crippen LogP) is 4.71. The fraction of sp³-hybridized carbons (Fsp3) is 0.167. The first kappa shape index (κ1) is 17.5. The van der Waals surface area contributed by atoms with Crippen LogP contribution in [0.2, 0.25) is 0 Å². The molecule has 0 saturated carbocycles. The van der Waals surface area contributed by atoms with E-state index in [9.17, 15) is 4.79 Å². The number of fused-ring (bicyclic) bond motifs is 2. The van der Waals surface area contributed by atoms with Crippen LogP contribution in [0.4, 0.5) is 5.69 Å². The monoisotopic (exact) mass is 382 g/mol. The molecular weight excluding hydrogens is 360 g/mol. The summed E-state index contributed by atoms with van der Waals surface area (Å²) in [6.07, 6.45) is 7.04. The van der Waals surface area contributed by atoms with Crippen molar-refractivity contribution >= 4 is 11.6 Å². The van der Waals surface area contributed by atoms with Gasteiger partial charge in [-0.3, -0.25) is 9.69 Å². The molecule has 0 unspecified atom stereocenters. The van der Waals surface area contributed by atoms with Crippen LogP contribution in [0.3, 0.4) is 0 Å². The summed E-state index contributed by atoms with van der Waals surface area (Å²) in [5, 5.41) is 4.52. The van der Waals surface area contributed by atoms with Gasteiger partial charge in [-0.1, -0.05) is 24.3 Å². The Balaban J connectivity index is 1.51. The van der Waals surface area contributed by atoms with Gasteiger partial charge in [0.1, 0.15) is 0 Å². The number of nitrogens with zero attached hydrogens (tertiary/aromatic N) is 4. The van der Waals surface area contributed by atoms with Gasteiger partial charge in [-0.25, -0.2) is 4.68 Å². The van der Waals surface area contributed by atoms with Crippen LogP contribution in [-0.2, 0) is 6.54 Å². The first-order chi connectivity index (χ1) is 14.1. The summed E-state index contributed by atoms with van der Waals surface area (Å²) in [5.74, 6) is -0.0291. The van der Waals surface area contributed by atoms with Gasteiger partial charge in [0, 0.05) is 42.3 Å². The number of amides is 1. The second-order valence-corrected chi connectivity index (χ2v) is 7.53. The third kappa shape index (κ3) is 3.05. The molecule has 0 saturated heterocycles. The van der Waals surface area contributed by atoms with Crippen LogP contribution in [-0.4, -0.2) is 20.6 Å². The predicted molar refractivity (Wildman–Crippen MR) is 114 cm³/mol. The maximum Gasteiger partial charge on any atom is 0.262 e. The van der Waals surface area contributed by atoms with Gasteiger partial charge in [0.05, 0.1) is 17.1 Å². The molecule has 3 aromatic rings. The molecule has 5 rings (SSSR count). The van der Waals surface area contributed by atoms with Crippen molar-refractivity contribution in [2.24, 2.45) is 0 Å². The molecule has 3 heterocycles.